The van der Waals surface area contributed by atoms with Crippen molar-refractivity contribution in [3.63, 3.8) is 0 Å². The van der Waals surface area contributed by atoms with Crippen molar-refractivity contribution in [3.8, 4) is 11.1 Å². The minimum absolute atomic E-state index is 0.00271. The molecule has 3 aromatic rings. The molecule has 2 aromatic heterocycles. The van der Waals surface area contributed by atoms with Crippen LogP contribution in [0.4, 0.5) is 13.2 Å². The smallest absolute Gasteiger partial charge is 0.223 e. The molecule has 3 rings (SSSR count). The third kappa shape index (κ3) is 2.45. The van der Waals surface area contributed by atoms with Crippen molar-refractivity contribution in [2.75, 3.05) is 0 Å². The van der Waals surface area contributed by atoms with Gasteiger partial charge in [-0.2, -0.15) is 18.3 Å². The molecule has 0 saturated heterocycles. The number of alkyl halides is 3. The first-order chi connectivity index (χ1) is 9.88. The lowest BCUT2D eigenvalue weighted by molar-refractivity contribution is -0.141. The molecule has 0 atom stereocenters. The Morgan fingerprint density at radius 3 is 2.43 bits per heavy atom. The molecule has 1 aromatic carbocycles. The lowest BCUT2D eigenvalue weighted by Crippen LogP contribution is -2.10. The topological polar surface area (TPSA) is 30.2 Å². The highest BCUT2D eigenvalue weighted by atomic mass is 35.5. The van der Waals surface area contributed by atoms with Crippen molar-refractivity contribution in [2.24, 2.45) is 0 Å². The molecule has 0 aliphatic carbocycles. The van der Waals surface area contributed by atoms with Crippen molar-refractivity contribution in [3.05, 3.63) is 52.4 Å². The van der Waals surface area contributed by atoms with Gasteiger partial charge in [0.2, 0.25) is 0 Å². The van der Waals surface area contributed by atoms with Crippen LogP contribution in [0.3, 0.4) is 0 Å². The molecule has 0 unspecified atom stereocenters. The van der Waals surface area contributed by atoms with Gasteiger partial charge in [-0.15, -0.1) is 0 Å². The second-order valence-electron chi connectivity index (χ2n) is 4.24. The van der Waals surface area contributed by atoms with E-state index in [-0.39, 0.29) is 10.8 Å². The lowest BCUT2D eigenvalue weighted by atomic mass is 10.1. The van der Waals surface area contributed by atoms with Crippen LogP contribution in [-0.4, -0.2) is 14.6 Å². The summed E-state index contributed by atoms with van der Waals surface area (Å²) in [5.74, 6) is 0. The highest BCUT2D eigenvalue weighted by Crippen LogP contribution is 2.34. The zero-order valence-electron chi connectivity index (χ0n) is 10.2. The normalized spacial score (nSPS) is 12.0. The second kappa shape index (κ2) is 4.89. The van der Waals surface area contributed by atoms with E-state index in [4.69, 9.17) is 23.2 Å². The first-order valence-corrected chi connectivity index (χ1v) is 6.50. The van der Waals surface area contributed by atoms with Crippen molar-refractivity contribution >= 4 is 28.8 Å². The maximum absolute atomic E-state index is 12.8. The van der Waals surface area contributed by atoms with Crippen LogP contribution >= 0.6 is 23.2 Å². The van der Waals surface area contributed by atoms with Gasteiger partial charge in [0.1, 0.15) is 10.8 Å². The van der Waals surface area contributed by atoms with Crippen LogP contribution in [0.15, 0.2) is 36.5 Å². The number of hydrogen-bond donors (Lipinski definition) is 0. The fraction of sp³-hybridized carbons (Fsp3) is 0.0769. The number of aromatic nitrogens is 3. The lowest BCUT2D eigenvalue weighted by Gasteiger charge is -2.08. The van der Waals surface area contributed by atoms with Crippen LogP contribution < -0.4 is 0 Å². The Bertz CT molecular complexity index is 827. The summed E-state index contributed by atoms with van der Waals surface area (Å²) in [7, 11) is 0. The van der Waals surface area contributed by atoms with Crippen LogP contribution in [-0.2, 0) is 6.18 Å². The van der Waals surface area contributed by atoms with Gasteiger partial charge in [0.05, 0.1) is 6.20 Å². The molecule has 108 valence electrons. The Labute approximate surface area is 126 Å². The molecule has 0 aliphatic heterocycles. The van der Waals surface area contributed by atoms with E-state index < -0.39 is 11.9 Å². The standard InChI is InChI=1S/C13H6Cl2F3N3/c14-9-4-2-1-3-7(9)8-6-19-21-11(15)5-10(13(16,17)18)20-12(8)21/h1-6H. The van der Waals surface area contributed by atoms with Gasteiger partial charge in [-0.1, -0.05) is 41.4 Å². The summed E-state index contributed by atoms with van der Waals surface area (Å²) in [6.45, 7) is 0. The number of nitrogens with zero attached hydrogens (tertiary/aromatic N) is 3. The summed E-state index contributed by atoms with van der Waals surface area (Å²) in [4.78, 5) is 3.62. The molecule has 2 heterocycles. The van der Waals surface area contributed by atoms with Crippen LogP contribution in [0.1, 0.15) is 5.69 Å². The maximum atomic E-state index is 12.8. The van der Waals surface area contributed by atoms with Gasteiger partial charge in [0.15, 0.2) is 5.65 Å². The van der Waals surface area contributed by atoms with Gasteiger partial charge < -0.3 is 0 Å². The molecule has 0 bridgehead atoms. The third-order valence-electron chi connectivity index (χ3n) is 2.88. The average molecular weight is 332 g/mol. The highest BCUT2D eigenvalue weighted by molar-refractivity contribution is 6.33. The van der Waals surface area contributed by atoms with E-state index in [0.717, 1.165) is 10.6 Å². The van der Waals surface area contributed by atoms with Gasteiger partial charge in [-0.25, -0.2) is 9.50 Å². The second-order valence-corrected chi connectivity index (χ2v) is 5.03. The zero-order chi connectivity index (χ0) is 15.2. The minimum atomic E-state index is -4.59. The van der Waals surface area contributed by atoms with E-state index in [1.54, 1.807) is 24.3 Å². The van der Waals surface area contributed by atoms with E-state index in [1.165, 1.54) is 6.20 Å². The summed E-state index contributed by atoms with van der Waals surface area (Å²) in [6.07, 6.45) is -3.21. The maximum Gasteiger partial charge on any atom is 0.433 e. The number of rotatable bonds is 1. The van der Waals surface area contributed by atoms with Gasteiger partial charge in [-0.3, -0.25) is 0 Å². The monoisotopic (exact) mass is 331 g/mol. The Morgan fingerprint density at radius 1 is 1.05 bits per heavy atom. The molecule has 0 spiro atoms. The fourth-order valence-electron chi connectivity index (χ4n) is 1.94. The first-order valence-electron chi connectivity index (χ1n) is 5.74. The molecule has 0 N–H and O–H groups in total. The molecular weight excluding hydrogens is 326 g/mol. The van der Waals surface area contributed by atoms with E-state index >= 15 is 0 Å². The number of benzene rings is 1. The quantitative estimate of drug-likeness (QED) is 0.604. The largest absolute Gasteiger partial charge is 0.433 e. The molecule has 0 saturated carbocycles. The summed E-state index contributed by atoms with van der Waals surface area (Å²) < 4.78 is 39.7. The molecule has 0 radical (unpaired) electrons. The molecule has 0 fully saturated rings. The molecular formula is C13H6Cl2F3N3. The van der Waals surface area contributed by atoms with Crippen molar-refractivity contribution in [1.82, 2.24) is 14.6 Å². The first kappa shape index (κ1) is 14.2. The average Bonchev–Trinajstić information content (AvgIpc) is 2.82. The van der Waals surface area contributed by atoms with Crippen LogP contribution in [0.25, 0.3) is 16.8 Å². The van der Waals surface area contributed by atoms with Crippen molar-refractivity contribution in [1.29, 1.82) is 0 Å². The molecule has 21 heavy (non-hydrogen) atoms. The number of hydrogen-bond acceptors (Lipinski definition) is 2. The minimum Gasteiger partial charge on any atom is -0.223 e. The van der Waals surface area contributed by atoms with Gasteiger partial charge >= 0.3 is 6.18 Å². The van der Waals surface area contributed by atoms with Crippen molar-refractivity contribution in [2.45, 2.75) is 6.18 Å². The number of halogens is 5. The van der Waals surface area contributed by atoms with Crippen LogP contribution in [0.2, 0.25) is 10.2 Å². The molecule has 8 heteroatoms. The van der Waals surface area contributed by atoms with Gasteiger partial charge in [0.25, 0.3) is 0 Å². The van der Waals surface area contributed by atoms with Crippen LogP contribution in [0, 0.1) is 0 Å². The summed E-state index contributed by atoms with van der Waals surface area (Å²) >= 11 is 11.9. The van der Waals surface area contributed by atoms with Crippen LogP contribution in [0.5, 0.6) is 0 Å². The Hall–Kier alpha value is -1.79. The fourth-order valence-corrected chi connectivity index (χ4v) is 2.41. The summed E-state index contributed by atoms with van der Waals surface area (Å²) in [6, 6.07) is 7.49. The third-order valence-corrected chi connectivity index (χ3v) is 3.48. The highest BCUT2D eigenvalue weighted by Gasteiger charge is 2.34. The molecule has 0 amide bonds. The molecule has 0 aliphatic rings. The summed E-state index contributed by atoms with van der Waals surface area (Å²) in [5.41, 5.74) is -0.151. The Morgan fingerprint density at radius 2 is 1.76 bits per heavy atom. The van der Waals surface area contributed by atoms with E-state index in [0.29, 0.717) is 16.1 Å². The summed E-state index contributed by atoms with van der Waals surface area (Å²) in [5, 5.41) is 4.17. The SMILES string of the molecule is FC(F)(F)c1cc(Cl)n2ncc(-c3ccccc3Cl)c2n1. The van der Waals surface area contributed by atoms with Crippen molar-refractivity contribution < 1.29 is 13.2 Å². The zero-order valence-corrected chi connectivity index (χ0v) is 11.7. The Kier molecular flexibility index (Phi) is 3.30. The van der Waals surface area contributed by atoms with E-state index in [9.17, 15) is 13.2 Å². The van der Waals surface area contributed by atoms with E-state index in [2.05, 4.69) is 10.1 Å². The number of fused-ring (bicyclic) bond motifs is 1. The molecule has 3 nitrogen and oxygen atoms in total. The van der Waals surface area contributed by atoms with Gasteiger partial charge in [0, 0.05) is 22.2 Å². The van der Waals surface area contributed by atoms with Gasteiger partial charge in [-0.05, 0) is 6.07 Å². The Balaban J connectivity index is 2.31. The predicted octanol–water partition coefficient (Wildman–Crippen LogP) is 4.72. The predicted molar refractivity (Wildman–Crippen MR) is 73.4 cm³/mol. The van der Waals surface area contributed by atoms with E-state index in [1.807, 2.05) is 0 Å².